The Morgan fingerprint density at radius 2 is 2.07 bits per heavy atom. The molecule has 0 amide bonds. The van der Waals surface area contributed by atoms with Crippen LogP contribution in [0.4, 0.5) is 4.39 Å². The SMILES string of the molecule is O=C(O)CN(CC1CC1)C1CC(NCC2CNNC2c2ccccc2F)C1. The van der Waals surface area contributed by atoms with E-state index in [1.54, 1.807) is 6.07 Å². The zero-order valence-electron chi connectivity index (χ0n) is 15.5. The van der Waals surface area contributed by atoms with E-state index in [-0.39, 0.29) is 24.3 Å². The fraction of sp³-hybridized carbons (Fsp3) is 0.650. The van der Waals surface area contributed by atoms with Gasteiger partial charge in [0.05, 0.1) is 12.6 Å². The molecule has 6 nitrogen and oxygen atoms in total. The van der Waals surface area contributed by atoms with E-state index in [1.807, 2.05) is 12.1 Å². The fourth-order valence-electron chi connectivity index (χ4n) is 4.30. The Balaban J connectivity index is 1.25. The lowest BCUT2D eigenvalue weighted by atomic mass is 9.84. The van der Waals surface area contributed by atoms with Crippen LogP contribution in [0.3, 0.4) is 0 Å². The predicted octanol–water partition coefficient (Wildman–Crippen LogP) is 1.51. The number of halogens is 1. The van der Waals surface area contributed by atoms with Crippen LogP contribution in [-0.2, 0) is 4.79 Å². The van der Waals surface area contributed by atoms with E-state index in [9.17, 15) is 9.18 Å². The Labute approximate surface area is 159 Å². The Bertz CT molecular complexity index is 663. The summed E-state index contributed by atoms with van der Waals surface area (Å²) in [6, 6.07) is 7.70. The van der Waals surface area contributed by atoms with E-state index in [0.29, 0.717) is 23.6 Å². The third-order valence-corrected chi connectivity index (χ3v) is 6.16. The molecule has 4 N–H and O–H groups in total. The second-order valence-electron chi connectivity index (χ2n) is 8.28. The molecule has 1 heterocycles. The van der Waals surface area contributed by atoms with Crippen molar-refractivity contribution in [2.24, 2.45) is 11.8 Å². The first-order chi connectivity index (χ1) is 13.1. The van der Waals surface area contributed by atoms with Crippen molar-refractivity contribution in [1.82, 2.24) is 21.1 Å². The topological polar surface area (TPSA) is 76.6 Å². The molecule has 0 radical (unpaired) electrons. The number of nitrogens with zero attached hydrogens (tertiary/aromatic N) is 1. The van der Waals surface area contributed by atoms with Gasteiger partial charge < -0.3 is 10.4 Å². The first-order valence-electron chi connectivity index (χ1n) is 10.0. The van der Waals surface area contributed by atoms with E-state index in [1.165, 1.54) is 18.9 Å². The molecular formula is C20H29FN4O2. The first-order valence-corrected chi connectivity index (χ1v) is 10.0. The van der Waals surface area contributed by atoms with Crippen molar-refractivity contribution in [3.63, 3.8) is 0 Å². The van der Waals surface area contributed by atoms with Gasteiger partial charge in [0.2, 0.25) is 0 Å². The second kappa shape index (κ2) is 8.22. The molecule has 4 rings (SSSR count). The summed E-state index contributed by atoms with van der Waals surface area (Å²) in [6.07, 6.45) is 4.48. The van der Waals surface area contributed by atoms with Gasteiger partial charge in [-0.05, 0) is 37.7 Å². The van der Waals surface area contributed by atoms with Gasteiger partial charge in [-0.2, -0.15) is 0 Å². The highest BCUT2D eigenvalue weighted by Crippen LogP contribution is 2.34. The number of hydrogen-bond donors (Lipinski definition) is 4. The molecular weight excluding hydrogens is 347 g/mol. The average Bonchev–Trinajstić information content (AvgIpc) is 3.28. The lowest BCUT2D eigenvalue weighted by Crippen LogP contribution is -2.55. The molecule has 1 aromatic rings. The maximum atomic E-state index is 14.1. The smallest absolute Gasteiger partial charge is 0.317 e. The highest BCUT2D eigenvalue weighted by atomic mass is 19.1. The number of hydrogen-bond acceptors (Lipinski definition) is 5. The molecule has 0 bridgehead atoms. The Hall–Kier alpha value is -1.54. The highest BCUT2D eigenvalue weighted by molar-refractivity contribution is 5.69. The monoisotopic (exact) mass is 376 g/mol. The van der Waals surface area contributed by atoms with Gasteiger partial charge in [-0.15, -0.1) is 0 Å². The van der Waals surface area contributed by atoms with Gasteiger partial charge in [0.1, 0.15) is 5.82 Å². The number of hydrazine groups is 1. The van der Waals surface area contributed by atoms with Crippen molar-refractivity contribution >= 4 is 5.97 Å². The summed E-state index contributed by atoms with van der Waals surface area (Å²) >= 11 is 0. The number of aliphatic carboxylic acids is 1. The second-order valence-corrected chi connectivity index (χ2v) is 8.28. The zero-order chi connectivity index (χ0) is 18.8. The molecule has 3 aliphatic rings. The molecule has 1 aliphatic heterocycles. The number of rotatable bonds is 9. The van der Waals surface area contributed by atoms with Gasteiger partial charge in [0.25, 0.3) is 0 Å². The summed E-state index contributed by atoms with van der Waals surface area (Å²) in [7, 11) is 0. The van der Waals surface area contributed by atoms with Crippen molar-refractivity contribution in [3.8, 4) is 0 Å². The van der Waals surface area contributed by atoms with Gasteiger partial charge in [0.15, 0.2) is 0 Å². The zero-order valence-corrected chi connectivity index (χ0v) is 15.5. The highest BCUT2D eigenvalue weighted by Gasteiger charge is 2.38. The standard InChI is InChI=1S/C20H29FN4O2/c21-18-4-2-1-3-17(18)20-14(10-23-24-20)9-22-15-7-16(8-15)25(12-19(26)27)11-13-5-6-13/h1-4,13-16,20,22-24H,5-12H2,(H,26,27). The molecule has 1 saturated heterocycles. The van der Waals surface area contributed by atoms with Gasteiger partial charge in [-0.1, -0.05) is 18.2 Å². The summed E-state index contributed by atoms with van der Waals surface area (Å²) in [5.41, 5.74) is 7.06. The minimum Gasteiger partial charge on any atom is -0.480 e. The molecule has 148 valence electrons. The lowest BCUT2D eigenvalue weighted by Gasteiger charge is -2.43. The van der Waals surface area contributed by atoms with E-state index >= 15 is 0 Å². The van der Waals surface area contributed by atoms with Crippen molar-refractivity contribution in [2.75, 3.05) is 26.2 Å². The van der Waals surface area contributed by atoms with Gasteiger partial charge in [-0.25, -0.2) is 9.82 Å². The average molecular weight is 376 g/mol. The summed E-state index contributed by atoms with van der Waals surface area (Å²) in [5, 5.41) is 12.8. The predicted molar refractivity (Wildman–Crippen MR) is 101 cm³/mol. The van der Waals surface area contributed by atoms with Crippen LogP contribution in [0.15, 0.2) is 24.3 Å². The summed E-state index contributed by atoms with van der Waals surface area (Å²) < 4.78 is 14.1. The minimum absolute atomic E-state index is 0.0343. The molecule has 7 heteroatoms. The molecule has 1 aromatic carbocycles. The van der Waals surface area contributed by atoms with Crippen molar-refractivity contribution in [3.05, 3.63) is 35.6 Å². The molecule has 2 atom stereocenters. The molecule has 0 spiro atoms. The number of benzene rings is 1. The van der Waals surface area contributed by atoms with E-state index in [0.717, 1.165) is 32.5 Å². The van der Waals surface area contributed by atoms with Gasteiger partial charge >= 0.3 is 5.97 Å². The van der Waals surface area contributed by atoms with Crippen LogP contribution < -0.4 is 16.2 Å². The Morgan fingerprint density at radius 3 is 2.78 bits per heavy atom. The van der Waals surface area contributed by atoms with Crippen LogP contribution in [0.1, 0.15) is 37.3 Å². The normalized spacial score (nSPS) is 30.4. The van der Waals surface area contributed by atoms with Crippen molar-refractivity contribution in [1.29, 1.82) is 0 Å². The minimum atomic E-state index is -0.733. The van der Waals surface area contributed by atoms with Crippen molar-refractivity contribution < 1.29 is 14.3 Å². The Morgan fingerprint density at radius 1 is 1.30 bits per heavy atom. The maximum absolute atomic E-state index is 14.1. The molecule has 27 heavy (non-hydrogen) atoms. The first kappa shape index (κ1) is 18.8. The van der Waals surface area contributed by atoms with Crippen molar-refractivity contribution in [2.45, 2.75) is 43.8 Å². The third kappa shape index (κ3) is 4.66. The fourth-order valence-corrected chi connectivity index (χ4v) is 4.30. The number of carboxylic acid groups (broad SMARTS) is 1. The van der Waals surface area contributed by atoms with Crippen LogP contribution in [0, 0.1) is 17.7 Å². The molecule has 2 unspecified atom stereocenters. The number of carbonyl (C=O) groups is 1. The maximum Gasteiger partial charge on any atom is 0.317 e. The quantitative estimate of drug-likeness (QED) is 0.523. The number of carboxylic acids is 1. The van der Waals surface area contributed by atoms with E-state index in [4.69, 9.17) is 5.11 Å². The van der Waals surface area contributed by atoms with Gasteiger partial charge in [-0.3, -0.25) is 15.1 Å². The molecule has 2 aliphatic carbocycles. The van der Waals surface area contributed by atoms with Crippen LogP contribution in [0.25, 0.3) is 0 Å². The number of nitrogens with one attached hydrogen (secondary N) is 3. The summed E-state index contributed by atoms with van der Waals surface area (Å²) in [6.45, 7) is 2.70. The van der Waals surface area contributed by atoms with Crippen LogP contribution in [-0.4, -0.2) is 54.2 Å². The van der Waals surface area contributed by atoms with Crippen LogP contribution >= 0.6 is 0 Å². The van der Waals surface area contributed by atoms with Gasteiger partial charge in [0, 0.05) is 43.2 Å². The summed E-state index contributed by atoms with van der Waals surface area (Å²) in [5.74, 6) is 0.0794. The van der Waals surface area contributed by atoms with Crippen LogP contribution in [0.2, 0.25) is 0 Å². The summed E-state index contributed by atoms with van der Waals surface area (Å²) in [4.78, 5) is 13.3. The van der Waals surface area contributed by atoms with E-state index in [2.05, 4.69) is 21.1 Å². The van der Waals surface area contributed by atoms with E-state index < -0.39 is 5.97 Å². The lowest BCUT2D eigenvalue weighted by molar-refractivity contribution is -0.139. The largest absolute Gasteiger partial charge is 0.480 e. The molecule has 0 aromatic heterocycles. The molecule has 3 fully saturated rings. The Kier molecular flexibility index (Phi) is 5.73. The van der Waals surface area contributed by atoms with Crippen LogP contribution in [0.5, 0.6) is 0 Å². The third-order valence-electron chi connectivity index (χ3n) is 6.16. The molecule has 2 saturated carbocycles.